The van der Waals surface area contributed by atoms with Gasteiger partial charge in [0.1, 0.15) is 17.6 Å². The molecule has 1 amide bonds. The summed E-state index contributed by atoms with van der Waals surface area (Å²) < 4.78 is 36.7. The number of carbonyl (C=O) groups excluding carboxylic acids is 2. The van der Waals surface area contributed by atoms with Crippen LogP contribution in [0.2, 0.25) is 0 Å². The molecule has 10 nitrogen and oxygen atoms in total. The first-order chi connectivity index (χ1) is 16.2. The third-order valence-corrected chi connectivity index (χ3v) is 7.85. The molecule has 1 atom stereocenters. The van der Waals surface area contributed by atoms with Crippen LogP contribution in [0.5, 0.6) is 0 Å². The van der Waals surface area contributed by atoms with E-state index in [4.69, 9.17) is 9.15 Å². The highest BCUT2D eigenvalue weighted by atomic mass is 32.2. The third-order valence-electron chi connectivity index (χ3n) is 6.02. The predicted octanol–water partition coefficient (Wildman–Crippen LogP) is 1.28. The zero-order valence-corrected chi connectivity index (χ0v) is 19.8. The summed E-state index contributed by atoms with van der Waals surface area (Å²) in [6.07, 6.45) is 1.44. The summed E-state index contributed by atoms with van der Waals surface area (Å²) >= 11 is 0. The van der Waals surface area contributed by atoms with E-state index >= 15 is 0 Å². The Balaban J connectivity index is 1.68. The summed E-state index contributed by atoms with van der Waals surface area (Å²) in [6, 6.07) is 7.93. The lowest BCUT2D eigenvalue weighted by molar-refractivity contribution is -0.140. The van der Waals surface area contributed by atoms with Gasteiger partial charge in [-0.1, -0.05) is 0 Å². The number of aliphatic hydroxyl groups excluding tert-OH is 1. The van der Waals surface area contributed by atoms with E-state index in [9.17, 15) is 23.1 Å². The van der Waals surface area contributed by atoms with Crippen molar-refractivity contribution in [2.75, 3.05) is 53.5 Å². The molecule has 3 heterocycles. The lowest BCUT2D eigenvalue weighted by Gasteiger charge is -2.30. The number of Topliss-reactive ketones (excluding diaryl/α,β-unsaturated/α-hetero) is 1. The number of hydrogen-bond donors (Lipinski definition) is 1. The van der Waals surface area contributed by atoms with Crippen LogP contribution in [0.4, 0.5) is 0 Å². The van der Waals surface area contributed by atoms with Crippen molar-refractivity contribution in [3.05, 3.63) is 59.6 Å². The molecule has 182 valence electrons. The predicted molar refractivity (Wildman–Crippen MR) is 122 cm³/mol. The van der Waals surface area contributed by atoms with Gasteiger partial charge in [-0.05, 0) is 36.4 Å². The molecule has 1 unspecified atom stereocenters. The number of carbonyl (C=O) groups is 2. The molecule has 0 spiro atoms. The van der Waals surface area contributed by atoms with Gasteiger partial charge in [0.2, 0.25) is 10.0 Å². The topological polar surface area (TPSA) is 121 Å². The van der Waals surface area contributed by atoms with E-state index in [1.807, 2.05) is 0 Å². The molecule has 34 heavy (non-hydrogen) atoms. The summed E-state index contributed by atoms with van der Waals surface area (Å²) in [5.41, 5.74) is 0.130. The minimum absolute atomic E-state index is 0.0441. The van der Waals surface area contributed by atoms with Crippen molar-refractivity contribution in [1.29, 1.82) is 0 Å². The van der Waals surface area contributed by atoms with Crippen LogP contribution >= 0.6 is 0 Å². The zero-order valence-electron chi connectivity index (χ0n) is 19.0. The van der Waals surface area contributed by atoms with E-state index in [0.29, 0.717) is 25.5 Å². The zero-order chi connectivity index (χ0) is 24.5. The molecule has 2 aliphatic rings. The fraction of sp³-hybridized carbons (Fsp3) is 0.391. The number of morpholine rings is 1. The molecule has 11 heteroatoms. The fourth-order valence-electron chi connectivity index (χ4n) is 4.08. The maximum absolute atomic E-state index is 13.0. The van der Waals surface area contributed by atoms with E-state index in [1.165, 1.54) is 49.5 Å². The SMILES string of the molecule is CN(C)S(=O)(=O)c1ccc(/C(O)=C2/C(=O)C(=O)N(CCN3CCOCC3)C2c2ccco2)cc1. The van der Waals surface area contributed by atoms with Crippen LogP contribution in [0, 0.1) is 0 Å². The van der Waals surface area contributed by atoms with Crippen molar-refractivity contribution < 1.29 is 32.3 Å². The first kappa shape index (κ1) is 24.1. The maximum atomic E-state index is 13.0. The fourth-order valence-corrected chi connectivity index (χ4v) is 4.98. The molecular weight excluding hydrogens is 462 g/mol. The van der Waals surface area contributed by atoms with Crippen LogP contribution in [0.15, 0.2) is 57.5 Å². The Morgan fingerprint density at radius 2 is 1.76 bits per heavy atom. The van der Waals surface area contributed by atoms with Gasteiger partial charge in [-0.3, -0.25) is 14.5 Å². The number of benzene rings is 1. The molecule has 1 N–H and O–H groups in total. The van der Waals surface area contributed by atoms with E-state index in [1.54, 1.807) is 12.1 Å². The van der Waals surface area contributed by atoms with Gasteiger partial charge in [0, 0.05) is 45.8 Å². The van der Waals surface area contributed by atoms with Crippen molar-refractivity contribution in [3.63, 3.8) is 0 Å². The molecule has 0 aliphatic carbocycles. The highest BCUT2D eigenvalue weighted by molar-refractivity contribution is 7.89. The van der Waals surface area contributed by atoms with Gasteiger partial charge >= 0.3 is 0 Å². The first-order valence-electron chi connectivity index (χ1n) is 10.9. The van der Waals surface area contributed by atoms with E-state index in [-0.39, 0.29) is 28.3 Å². The first-order valence-corrected chi connectivity index (χ1v) is 12.3. The molecule has 2 aliphatic heterocycles. The number of ether oxygens (including phenoxy) is 1. The third kappa shape index (κ3) is 4.51. The minimum atomic E-state index is -3.65. The highest BCUT2D eigenvalue weighted by Gasteiger charge is 2.47. The molecular formula is C23H27N3O7S. The van der Waals surface area contributed by atoms with Gasteiger partial charge in [0.05, 0.1) is 29.9 Å². The quantitative estimate of drug-likeness (QED) is 0.351. The Morgan fingerprint density at radius 1 is 1.09 bits per heavy atom. The number of likely N-dealkylation sites (tertiary alicyclic amines) is 1. The van der Waals surface area contributed by atoms with Crippen LogP contribution < -0.4 is 0 Å². The average molecular weight is 490 g/mol. The number of rotatable bonds is 7. The van der Waals surface area contributed by atoms with Gasteiger partial charge in [0.25, 0.3) is 11.7 Å². The lowest BCUT2D eigenvalue weighted by atomic mass is 9.99. The standard InChI is InChI=1S/C23H27N3O7S/c1-24(2)34(30,31)17-7-5-16(6-8-17)21(27)19-20(18-4-3-13-33-18)26(23(29)22(19)28)10-9-25-11-14-32-15-12-25/h3-8,13,20,27H,9-12,14-15H2,1-2H3/b21-19-. The number of aliphatic hydroxyl groups is 1. The summed E-state index contributed by atoms with van der Waals surface area (Å²) in [7, 11) is -0.810. The number of nitrogens with zero attached hydrogens (tertiary/aromatic N) is 3. The Bertz CT molecular complexity index is 1180. The molecule has 2 fully saturated rings. The Morgan fingerprint density at radius 3 is 2.35 bits per heavy atom. The second-order valence-electron chi connectivity index (χ2n) is 8.27. The van der Waals surface area contributed by atoms with Gasteiger partial charge < -0.3 is 19.2 Å². The van der Waals surface area contributed by atoms with E-state index < -0.39 is 27.8 Å². The van der Waals surface area contributed by atoms with Gasteiger partial charge in [-0.2, -0.15) is 0 Å². The number of hydrogen-bond acceptors (Lipinski definition) is 8. The Labute approximate surface area is 198 Å². The smallest absolute Gasteiger partial charge is 0.295 e. The van der Waals surface area contributed by atoms with Crippen LogP contribution in [-0.4, -0.2) is 92.8 Å². The van der Waals surface area contributed by atoms with Crippen molar-refractivity contribution in [2.45, 2.75) is 10.9 Å². The Hall–Kier alpha value is -2.99. The number of furan rings is 1. The van der Waals surface area contributed by atoms with E-state index in [0.717, 1.165) is 17.4 Å². The molecule has 0 radical (unpaired) electrons. The summed E-state index contributed by atoms with van der Waals surface area (Å²) in [4.78, 5) is 29.6. The second kappa shape index (κ2) is 9.71. The number of amides is 1. The molecule has 4 rings (SSSR count). The van der Waals surface area contributed by atoms with Gasteiger partial charge in [-0.25, -0.2) is 12.7 Å². The molecule has 1 aromatic carbocycles. The highest BCUT2D eigenvalue weighted by Crippen LogP contribution is 2.39. The minimum Gasteiger partial charge on any atom is -0.507 e. The monoisotopic (exact) mass is 489 g/mol. The van der Waals surface area contributed by atoms with Crippen LogP contribution in [0.25, 0.3) is 5.76 Å². The van der Waals surface area contributed by atoms with Crippen LogP contribution in [0.3, 0.4) is 0 Å². The van der Waals surface area contributed by atoms with Crippen LogP contribution in [-0.2, 0) is 24.3 Å². The van der Waals surface area contributed by atoms with Crippen molar-refractivity contribution in [3.8, 4) is 0 Å². The van der Waals surface area contributed by atoms with Crippen molar-refractivity contribution >= 4 is 27.5 Å². The summed E-state index contributed by atoms with van der Waals surface area (Å²) in [5.74, 6) is -1.56. The molecule has 0 bridgehead atoms. The molecule has 0 saturated carbocycles. The molecule has 2 saturated heterocycles. The lowest BCUT2D eigenvalue weighted by Crippen LogP contribution is -2.42. The van der Waals surface area contributed by atoms with Crippen LogP contribution in [0.1, 0.15) is 17.4 Å². The van der Waals surface area contributed by atoms with Gasteiger partial charge in [-0.15, -0.1) is 0 Å². The van der Waals surface area contributed by atoms with E-state index in [2.05, 4.69) is 4.90 Å². The van der Waals surface area contributed by atoms with Gasteiger partial charge in [0.15, 0.2) is 0 Å². The molecule has 2 aromatic rings. The Kier molecular flexibility index (Phi) is 6.89. The summed E-state index contributed by atoms with van der Waals surface area (Å²) in [5, 5.41) is 11.1. The average Bonchev–Trinajstić information content (AvgIpc) is 3.45. The second-order valence-corrected chi connectivity index (χ2v) is 10.4. The summed E-state index contributed by atoms with van der Waals surface area (Å²) in [6.45, 7) is 3.51. The molecule has 1 aromatic heterocycles. The largest absolute Gasteiger partial charge is 0.507 e. The van der Waals surface area contributed by atoms with Crippen molar-refractivity contribution in [1.82, 2.24) is 14.1 Å². The normalized spacial score (nSPS) is 21.5. The maximum Gasteiger partial charge on any atom is 0.295 e. The number of sulfonamides is 1. The number of ketones is 1. The van der Waals surface area contributed by atoms with Crippen molar-refractivity contribution in [2.24, 2.45) is 0 Å².